The first-order valence-electron chi connectivity index (χ1n) is 6.48. The highest BCUT2D eigenvalue weighted by atomic mass is 79.9. The first-order chi connectivity index (χ1) is 10.1. The van der Waals surface area contributed by atoms with Crippen molar-refractivity contribution in [3.05, 3.63) is 64.1 Å². The molecule has 21 heavy (non-hydrogen) atoms. The maximum Gasteiger partial charge on any atom is 0.248 e. The fourth-order valence-corrected chi connectivity index (χ4v) is 2.45. The van der Waals surface area contributed by atoms with Crippen molar-refractivity contribution in [1.29, 1.82) is 0 Å². The van der Waals surface area contributed by atoms with Gasteiger partial charge in [0.1, 0.15) is 0 Å². The van der Waals surface area contributed by atoms with Gasteiger partial charge < -0.3 is 5.32 Å². The van der Waals surface area contributed by atoms with Crippen molar-refractivity contribution in [2.45, 2.75) is 11.8 Å². The predicted molar refractivity (Wildman–Crippen MR) is 94.8 cm³/mol. The quantitative estimate of drug-likeness (QED) is 0.603. The van der Waals surface area contributed by atoms with Crippen LogP contribution >= 0.6 is 27.7 Å². The molecule has 0 radical (unpaired) electrons. The summed E-state index contributed by atoms with van der Waals surface area (Å²) in [6.45, 7) is 1.99. The Morgan fingerprint density at radius 2 is 1.90 bits per heavy atom. The molecular formula is C17H16BrNOS. The van der Waals surface area contributed by atoms with E-state index in [0.717, 1.165) is 21.3 Å². The van der Waals surface area contributed by atoms with Gasteiger partial charge in [0.05, 0.1) is 0 Å². The number of benzene rings is 2. The van der Waals surface area contributed by atoms with Crippen LogP contribution in [0.15, 0.2) is 57.9 Å². The maximum atomic E-state index is 11.9. The van der Waals surface area contributed by atoms with Gasteiger partial charge in [-0.15, -0.1) is 11.8 Å². The summed E-state index contributed by atoms with van der Waals surface area (Å²) in [6.07, 6.45) is 5.40. The summed E-state index contributed by atoms with van der Waals surface area (Å²) < 4.78 is 1.03. The summed E-state index contributed by atoms with van der Waals surface area (Å²) in [5, 5.41) is 2.85. The van der Waals surface area contributed by atoms with E-state index >= 15 is 0 Å². The molecular weight excluding hydrogens is 346 g/mol. The summed E-state index contributed by atoms with van der Waals surface area (Å²) in [4.78, 5) is 13.1. The van der Waals surface area contributed by atoms with Gasteiger partial charge in [-0.2, -0.15) is 0 Å². The molecule has 0 bridgehead atoms. The fourth-order valence-electron chi connectivity index (χ4n) is 1.79. The Morgan fingerprint density at radius 1 is 1.19 bits per heavy atom. The van der Waals surface area contributed by atoms with Crippen LogP contribution in [0.3, 0.4) is 0 Å². The number of halogens is 1. The third kappa shape index (κ3) is 4.76. The summed E-state index contributed by atoms with van der Waals surface area (Å²) in [7, 11) is 0. The molecule has 0 aliphatic carbocycles. The monoisotopic (exact) mass is 361 g/mol. The zero-order valence-electron chi connectivity index (χ0n) is 11.9. The van der Waals surface area contributed by atoms with Gasteiger partial charge in [-0.25, -0.2) is 0 Å². The van der Waals surface area contributed by atoms with Gasteiger partial charge >= 0.3 is 0 Å². The molecule has 1 N–H and O–H groups in total. The number of amides is 1. The number of aryl methyl sites for hydroxylation is 1. The topological polar surface area (TPSA) is 29.1 Å². The highest BCUT2D eigenvalue weighted by molar-refractivity contribution is 9.10. The van der Waals surface area contributed by atoms with Crippen LogP contribution in [-0.4, -0.2) is 12.2 Å². The minimum absolute atomic E-state index is 0.134. The summed E-state index contributed by atoms with van der Waals surface area (Å²) in [5.74, 6) is -0.134. The van der Waals surface area contributed by atoms with Crippen molar-refractivity contribution < 1.29 is 4.79 Å². The largest absolute Gasteiger partial charge is 0.323 e. The Balaban J connectivity index is 1.99. The molecule has 0 spiro atoms. The lowest BCUT2D eigenvalue weighted by molar-refractivity contribution is -0.111. The lowest BCUT2D eigenvalue weighted by Crippen LogP contribution is -2.07. The summed E-state index contributed by atoms with van der Waals surface area (Å²) >= 11 is 5.14. The van der Waals surface area contributed by atoms with Crippen LogP contribution in [0.4, 0.5) is 5.69 Å². The van der Waals surface area contributed by atoms with Crippen molar-refractivity contribution in [3.63, 3.8) is 0 Å². The lowest BCUT2D eigenvalue weighted by atomic mass is 10.2. The zero-order chi connectivity index (χ0) is 15.2. The van der Waals surface area contributed by atoms with Gasteiger partial charge in [0, 0.05) is 21.1 Å². The van der Waals surface area contributed by atoms with E-state index < -0.39 is 0 Å². The van der Waals surface area contributed by atoms with E-state index in [4.69, 9.17) is 0 Å². The second-order valence-corrected chi connectivity index (χ2v) is 6.29. The van der Waals surface area contributed by atoms with Gasteiger partial charge in [-0.1, -0.05) is 28.1 Å². The third-order valence-electron chi connectivity index (χ3n) is 2.97. The average molecular weight is 362 g/mol. The molecule has 2 nitrogen and oxygen atoms in total. The molecule has 0 aromatic heterocycles. The number of hydrogen-bond donors (Lipinski definition) is 1. The highest BCUT2D eigenvalue weighted by Gasteiger charge is 2.00. The van der Waals surface area contributed by atoms with Crippen molar-refractivity contribution in [2.75, 3.05) is 11.6 Å². The van der Waals surface area contributed by atoms with Crippen molar-refractivity contribution in [3.8, 4) is 0 Å². The molecule has 2 aromatic carbocycles. The van der Waals surface area contributed by atoms with Gasteiger partial charge in [0.2, 0.25) is 5.91 Å². The summed E-state index contributed by atoms with van der Waals surface area (Å²) in [6, 6.07) is 13.8. The molecule has 0 aliphatic rings. The Labute approximate surface area is 137 Å². The SMILES string of the molecule is CSc1ccc(/C=C/C(=O)Nc2ccc(Br)c(C)c2)cc1. The second kappa shape index (κ2) is 7.48. The number of thioether (sulfide) groups is 1. The Kier molecular flexibility index (Phi) is 5.65. The molecule has 0 unspecified atom stereocenters. The van der Waals surface area contributed by atoms with Gasteiger partial charge in [-0.05, 0) is 60.7 Å². The molecule has 0 fully saturated rings. The number of nitrogens with one attached hydrogen (secondary N) is 1. The Hall–Kier alpha value is -1.52. The molecule has 0 heterocycles. The van der Waals surface area contributed by atoms with Crippen LogP contribution in [0.1, 0.15) is 11.1 Å². The first kappa shape index (κ1) is 15.9. The minimum atomic E-state index is -0.134. The molecule has 1 amide bonds. The zero-order valence-corrected chi connectivity index (χ0v) is 14.3. The van der Waals surface area contributed by atoms with Crippen LogP contribution in [-0.2, 0) is 4.79 Å². The van der Waals surface area contributed by atoms with Crippen LogP contribution < -0.4 is 5.32 Å². The van der Waals surface area contributed by atoms with E-state index in [-0.39, 0.29) is 5.91 Å². The number of carbonyl (C=O) groups excluding carboxylic acids is 1. The number of rotatable bonds is 4. The first-order valence-corrected chi connectivity index (χ1v) is 8.49. The molecule has 2 rings (SSSR count). The molecule has 0 aliphatic heterocycles. The van der Waals surface area contributed by atoms with E-state index in [9.17, 15) is 4.79 Å². The fraction of sp³-hybridized carbons (Fsp3) is 0.118. The molecule has 108 valence electrons. The molecule has 0 saturated carbocycles. The third-order valence-corrected chi connectivity index (χ3v) is 4.60. The Bertz CT molecular complexity index is 665. The normalized spacial score (nSPS) is 10.8. The van der Waals surface area contributed by atoms with E-state index in [0.29, 0.717) is 0 Å². The van der Waals surface area contributed by atoms with E-state index in [1.54, 1.807) is 17.8 Å². The Morgan fingerprint density at radius 3 is 2.52 bits per heavy atom. The number of carbonyl (C=O) groups is 1. The predicted octanol–water partition coefficient (Wildman–Crippen LogP) is 5.13. The van der Waals surface area contributed by atoms with Gasteiger partial charge in [-0.3, -0.25) is 4.79 Å². The van der Waals surface area contributed by atoms with Crippen molar-refractivity contribution in [2.24, 2.45) is 0 Å². The van der Waals surface area contributed by atoms with Crippen molar-refractivity contribution in [1.82, 2.24) is 0 Å². The molecule has 0 saturated heterocycles. The van der Waals surface area contributed by atoms with Crippen LogP contribution in [0.2, 0.25) is 0 Å². The molecule has 4 heteroatoms. The number of hydrogen-bond acceptors (Lipinski definition) is 2. The lowest BCUT2D eigenvalue weighted by Gasteiger charge is -2.04. The van der Waals surface area contributed by atoms with Crippen LogP contribution in [0.25, 0.3) is 6.08 Å². The standard InChI is InChI=1S/C17H16BrNOS/c1-12-11-14(6-9-16(12)18)19-17(20)10-5-13-3-7-15(21-2)8-4-13/h3-11H,1-2H3,(H,19,20)/b10-5+. The highest BCUT2D eigenvalue weighted by Crippen LogP contribution is 2.20. The minimum Gasteiger partial charge on any atom is -0.323 e. The van der Waals surface area contributed by atoms with Gasteiger partial charge in [0.25, 0.3) is 0 Å². The molecule has 0 atom stereocenters. The maximum absolute atomic E-state index is 11.9. The van der Waals surface area contributed by atoms with E-state index in [1.165, 1.54) is 4.90 Å². The van der Waals surface area contributed by atoms with Gasteiger partial charge in [0.15, 0.2) is 0 Å². The van der Waals surface area contributed by atoms with Crippen LogP contribution in [0, 0.1) is 6.92 Å². The average Bonchev–Trinajstić information content (AvgIpc) is 2.49. The smallest absolute Gasteiger partial charge is 0.248 e. The van der Waals surface area contributed by atoms with Crippen LogP contribution in [0.5, 0.6) is 0 Å². The number of anilines is 1. The van der Waals surface area contributed by atoms with E-state index in [1.807, 2.05) is 61.7 Å². The van der Waals surface area contributed by atoms with Crippen molar-refractivity contribution >= 4 is 45.4 Å². The molecule has 2 aromatic rings. The van der Waals surface area contributed by atoms with E-state index in [2.05, 4.69) is 21.2 Å². The summed E-state index contributed by atoms with van der Waals surface area (Å²) in [5.41, 5.74) is 2.89. The second-order valence-electron chi connectivity index (χ2n) is 4.56.